The standard InChI is InChI=1S/C17H17F2N5O2/c1-9(2)3-12-16-15(11(19)5-20-12)22-14(23-16)7-24-6-10(18)4-13(17(24)26)21-8-25/h4-6,8-9H,3,7H2,1-2H3,(H,21,25)(H,22,23). The average Bonchev–Trinajstić information content (AvgIpc) is 2.99. The minimum Gasteiger partial charge on any atom is -0.339 e. The third-order valence-corrected chi connectivity index (χ3v) is 3.79. The molecule has 0 saturated carbocycles. The van der Waals surface area contributed by atoms with Crippen LogP contribution in [0.4, 0.5) is 14.5 Å². The molecule has 0 unspecified atom stereocenters. The quantitative estimate of drug-likeness (QED) is 0.659. The van der Waals surface area contributed by atoms with E-state index in [9.17, 15) is 18.4 Å². The van der Waals surface area contributed by atoms with E-state index in [0.29, 0.717) is 30.0 Å². The van der Waals surface area contributed by atoms with E-state index in [-0.39, 0.29) is 23.6 Å². The van der Waals surface area contributed by atoms with Crippen LogP contribution in [0.15, 0.2) is 23.3 Å². The first-order chi connectivity index (χ1) is 12.4. The molecule has 3 heterocycles. The van der Waals surface area contributed by atoms with Crippen LogP contribution in [0.1, 0.15) is 25.4 Å². The first-order valence-electron chi connectivity index (χ1n) is 8.01. The molecule has 136 valence electrons. The van der Waals surface area contributed by atoms with Crippen LogP contribution in [0, 0.1) is 17.6 Å². The number of H-pyrrole nitrogens is 1. The van der Waals surface area contributed by atoms with Crippen LogP contribution < -0.4 is 10.9 Å². The van der Waals surface area contributed by atoms with Gasteiger partial charge in [-0.15, -0.1) is 0 Å². The molecule has 0 radical (unpaired) electrons. The number of anilines is 1. The normalized spacial score (nSPS) is 11.3. The summed E-state index contributed by atoms with van der Waals surface area (Å²) < 4.78 is 28.8. The van der Waals surface area contributed by atoms with E-state index >= 15 is 0 Å². The molecule has 0 atom stereocenters. The summed E-state index contributed by atoms with van der Waals surface area (Å²) >= 11 is 0. The van der Waals surface area contributed by atoms with Crippen molar-refractivity contribution >= 4 is 23.1 Å². The fourth-order valence-electron chi connectivity index (χ4n) is 2.73. The number of carbonyl (C=O) groups excluding carboxylic acids is 1. The van der Waals surface area contributed by atoms with Gasteiger partial charge in [-0.25, -0.2) is 13.8 Å². The van der Waals surface area contributed by atoms with Gasteiger partial charge in [0.2, 0.25) is 6.41 Å². The number of rotatable bonds is 6. The lowest BCUT2D eigenvalue weighted by molar-refractivity contribution is -0.105. The molecule has 7 nitrogen and oxygen atoms in total. The van der Waals surface area contributed by atoms with Crippen molar-refractivity contribution < 1.29 is 13.6 Å². The molecule has 0 aliphatic heterocycles. The van der Waals surface area contributed by atoms with Crippen LogP contribution in [0.3, 0.4) is 0 Å². The number of halogens is 2. The summed E-state index contributed by atoms with van der Waals surface area (Å²) in [7, 11) is 0. The Labute approximate surface area is 147 Å². The van der Waals surface area contributed by atoms with Crippen LogP contribution in [0.25, 0.3) is 11.0 Å². The highest BCUT2D eigenvalue weighted by molar-refractivity contribution is 5.78. The molecule has 0 aliphatic carbocycles. The zero-order valence-electron chi connectivity index (χ0n) is 14.2. The summed E-state index contributed by atoms with van der Waals surface area (Å²) in [6.07, 6.45) is 3.03. The van der Waals surface area contributed by atoms with Crippen LogP contribution in [0.5, 0.6) is 0 Å². The Balaban J connectivity index is 2.04. The summed E-state index contributed by atoms with van der Waals surface area (Å²) in [5.41, 5.74) is 0.472. The molecule has 0 spiro atoms. The lowest BCUT2D eigenvalue weighted by Gasteiger charge is -2.06. The summed E-state index contributed by atoms with van der Waals surface area (Å²) in [5, 5.41) is 2.15. The fourth-order valence-corrected chi connectivity index (χ4v) is 2.73. The summed E-state index contributed by atoms with van der Waals surface area (Å²) in [5.74, 6) is -0.685. The molecule has 0 bridgehead atoms. The molecular weight excluding hydrogens is 344 g/mol. The molecule has 1 amide bonds. The topological polar surface area (TPSA) is 92.7 Å². The number of hydrogen-bond donors (Lipinski definition) is 2. The van der Waals surface area contributed by atoms with Crippen molar-refractivity contribution in [3.05, 3.63) is 52.0 Å². The number of hydrogen-bond acceptors (Lipinski definition) is 4. The Morgan fingerprint density at radius 3 is 2.85 bits per heavy atom. The number of aromatic amines is 1. The molecular formula is C17H17F2N5O2. The van der Waals surface area contributed by atoms with Crippen molar-refractivity contribution in [2.24, 2.45) is 5.92 Å². The molecule has 0 aliphatic rings. The summed E-state index contributed by atoms with van der Waals surface area (Å²) in [6.45, 7) is 3.92. The molecule has 2 N–H and O–H groups in total. The number of carbonyl (C=O) groups is 1. The monoisotopic (exact) mass is 361 g/mol. The number of nitrogens with one attached hydrogen (secondary N) is 2. The van der Waals surface area contributed by atoms with Gasteiger partial charge in [-0.05, 0) is 12.3 Å². The lowest BCUT2D eigenvalue weighted by atomic mass is 10.1. The van der Waals surface area contributed by atoms with Crippen LogP contribution in [0.2, 0.25) is 0 Å². The highest BCUT2D eigenvalue weighted by atomic mass is 19.1. The summed E-state index contributed by atoms with van der Waals surface area (Å²) in [4.78, 5) is 34.1. The van der Waals surface area contributed by atoms with Crippen molar-refractivity contribution in [1.29, 1.82) is 0 Å². The second-order valence-corrected chi connectivity index (χ2v) is 6.33. The van der Waals surface area contributed by atoms with Crippen molar-refractivity contribution in [3.63, 3.8) is 0 Å². The van der Waals surface area contributed by atoms with E-state index in [0.717, 1.165) is 23.0 Å². The van der Waals surface area contributed by atoms with Crippen molar-refractivity contribution in [2.75, 3.05) is 5.32 Å². The highest BCUT2D eigenvalue weighted by Gasteiger charge is 2.15. The maximum absolute atomic E-state index is 14.0. The van der Waals surface area contributed by atoms with Crippen LogP contribution in [-0.2, 0) is 17.8 Å². The van der Waals surface area contributed by atoms with Crippen LogP contribution >= 0.6 is 0 Å². The molecule has 0 saturated heterocycles. The second kappa shape index (κ2) is 7.03. The number of amides is 1. The Morgan fingerprint density at radius 1 is 1.38 bits per heavy atom. The third kappa shape index (κ3) is 3.46. The zero-order chi connectivity index (χ0) is 18.8. The number of aromatic nitrogens is 4. The molecule has 3 aromatic heterocycles. The number of pyridine rings is 2. The maximum atomic E-state index is 14.0. The van der Waals surface area contributed by atoms with E-state index in [4.69, 9.17) is 0 Å². The smallest absolute Gasteiger partial charge is 0.274 e. The van der Waals surface area contributed by atoms with Crippen molar-refractivity contribution in [1.82, 2.24) is 19.5 Å². The van der Waals surface area contributed by atoms with E-state index in [2.05, 4.69) is 20.3 Å². The minimum atomic E-state index is -0.696. The summed E-state index contributed by atoms with van der Waals surface area (Å²) in [6, 6.07) is 0.927. The minimum absolute atomic E-state index is 0.112. The third-order valence-electron chi connectivity index (χ3n) is 3.79. The van der Waals surface area contributed by atoms with Gasteiger partial charge in [0, 0.05) is 12.3 Å². The van der Waals surface area contributed by atoms with Gasteiger partial charge in [0.1, 0.15) is 22.8 Å². The second-order valence-electron chi connectivity index (χ2n) is 6.33. The van der Waals surface area contributed by atoms with Gasteiger partial charge in [-0.2, -0.15) is 0 Å². The van der Waals surface area contributed by atoms with Gasteiger partial charge < -0.3 is 14.9 Å². The van der Waals surface area contributed by atoms with Gasteiger partial charge in [0.05, 0.1) is 24.0 Å². The molecule has 3 aromatic rings. The predicted molar refractivity (Wildman–Crippen MR) is 91.8 cm³/mol. The largest absolute Gasteiger partial charge is 0.339 e. The Bertz CT molecular complexity index is 1030. The number of imidazole rings is 1. The van der Waals surface area contributed by atoms with Crippen LogP contribution in [-0.4, -0.2) is 25.9 Å². The van der Waals surface area contributed by atoms with Gasteiger partial charge >= 0.3 is 0 Å². The number of fused-ring (bicyclic) bond motifs is 1. The molecule has 9 heteroatoms. The maximum Gasteiger partial charge on any atom is 0.274 e. The molecule has 0 fully saturated rings. The predicted octanol–water partition coefficient (Wildman–Crippen LogP) is 2.21. The Kier molecular flexibility index (Phi) is 4.79. The molecule has 0 aromatic carbocycles. The van der Waals surface area contributed by atoms with E-state index in [1.807, 2.05) is 13.8 Å². The van der Waals surface area contributed by atoms with Gasteiger partial charge in [-0.1, -0.05) is 13.8 Å². The zero-order valence-corrected chi connectivity index (χ0v) is 14.2. The first kappa shape index (κ1) is 17.7. The van der Waals surface area contributed by atoms with Gasteiger partial charge in [-0.3, -0.25) is 14.6 Å². The first-order valence-corrected chi connectivity index (χ1v) is 8.01. The van der Waals surface area contributed by atoms with E-state index in [1.165, 1.54) is 0 Å². The van der Waals surface area contributed by atoms with Crippen molar-refractivity contribution in [2.45, 2.75) is 26.8 Å². The van der Waals surface area contributed by atoms with E-state index < -0.39 is 17.2 Å². The van der Waals surface area contributed by atoms with E-state index in [1.54, 1.807) is 0 Å². The van der Waals surface area contributed by atoms with Crippen molar-refractivity contribution in [3.8, 4) is 0 Å². The van der Waals surface area contributed by atoms with Gasteiger partial charge in [0.25, 0.3) is 5.56 Å². The molecule has 3 rings (SSSR count). The Morgan fingerprint density at radius 2 is 2.15 bits per heavy atom. The molecule has 26 heavy (non-hydrogen) atoms. The average molecular weight is 361 g/mol. The highest BCUT2D eigenvalue weighted by Crippen LogP contribution is 2.20. The lowest BCUT2D eigenvalue weighted by Crippen LogP contribution is -2.24. The number of nitrogens with zero attached hydrogens (tertiary/aromatic N) is 3. The fraction of sp³-hybridized carbons (Fsp3) is 0.294. The van der Waals surface area contributed by atoms with Gasteiger partial charge in [0.15, 0.2) is 5.82 Å². The SMILES string of the molecule is CC(C)Cc1ncc(F)c2nc(Cn3cc(F)cc(NC=O)c3=O)[nH]c12. The Hall–Kier alpha value is -3.10.